The van der Waals surface area contributed by atoms with Crippen LogP contribution >= 0.6 is 11.6 Å². The van der Waals surface area contributed by atoms with E-state index < -0.39 is 53.7 Å². The number of hydrogen-bond acceptors (Lipinski definition) is 5. The number of carbonyl (C=O) groups excluding carboxylic acids is 2. The summed E-state index contributed by atoms with van der Waals surface area (Å²) < 4.78 is 69.7. The van der Waals surface area contributed by atoms with Crippen LogP contribution in [-0.2, 0) is 13.2 Å². The number of fused-ring (bicyclic) bond motifs is 1. The maximum atomic E-state index is 13.7. The summed E-state index contributed by atoms with van der Waals surface area (Å²) in [5, 5.41) is 17.8. The van der Waals surface area contributed by atoms with Gasteiger partial charge in [-0.05, 0) is 18.2 Å². The number of amides is 3. The number of anilines is 1. The summed E-state index contributed by atoms with van der Waals surface area (Å²) in [6.07, 6.45) is -4.69. The fraction of sp³-hybridized carbons (Fsp3) is 0.400. The lowest BCUT2D eigenvalue weighted by atomic mass is 10.2. The Morgan fingerprint density at radius 2 is 1.81 bits per heavy atom. The zero-order valence-electron chi connectivity index (χ0n) is 21.5. The van der Waals surface area contributed by atoms with Crippen molar-refractivity contribution in [1.82, 2.24) is 29.5 Å². The standard InChI is InChI=1S/C25H21ClF5N7O4/c1-36-16(14-9-38(17-5-24(17,27)28)35-19(14)25(29,30)31)6-32-20(36)22(40)33-10-2-3-11(15(26)4-10)21(39)34-18-12-7-37(23(41)42)8-13(12)18/h2-4,6,9,12-13,17-18H,5,7-8H2,1H3,(H,33,40)(H,34,39)(H,41,42)/t12-,13+,17-,18?/m1/s1. The summed E-state index contributed by atoms with van der Waals surface area (Å²) in [5.74, 6) is -4.61. The van der Waals surface area contributed by atoms with Crippen molar-refractivity contribution in [3.05, 3.63) is 52.7 Å². The third-order valence-corrected chi connectivity index (χ3v) is 8.13. The van der Waals surface area contributed by atoms with E-state index in [1.54, 1.807) is 0 Å². The highest BCUT2D eigenvalue weighted by Crippen LogP contribution is 2.53. The van der Waals surface area contributed by atoms with Gasteiger partial charge in [-0.15, -0.1) is 0 Å². The maximum Gasteiger partial charge on any atom is 0.435 e. The third kappa shape index (κ3) is 4.82. The van der Waals surface area contributed by atoms with Gasteiger partial charge >= 0.3 is 12.3 Å². The first-order chi connectivity index (χ1) is 19.7. The number of alkyl halides is 5. The number of piperidine rings is 1. The molecule has 11 nitrogen and oxygen atoms in total. The van der Waals surface area contributed by atoms with Crippen molar-refractivity contribution in [3.8, 4) is 11.3 Å². The van der Waals surface area contributed by atoms with E-state index in [9.17, 15) is 36.3 Å². The molecule has 1 saturated heterocycles. The number of imidazole rings is 1. The molecule has 222 valence electrons. The molecule has 1 aromatic carbocycles. The van der Waals surface area contributed by atoms with Gasteiger partial charge in [-0.1, -0.05) is 11.6 Å². The highest BCUT2D eigenvalue weighted by molar-refractivity contribution is 6.34. The maximum absolute atomic E-state index is 13.7. The summed E-state index contributed by atoms with van der Waals surface area (Å²) in [6, 6.07) is 2.47. The fourth-order valence-electron chi connectivity index (χ4n) is 5.39. The number of nitrogens with one attached hydrogen (secondary N) is 2. The molecule has 3 heterocycles. The van der Waals surface area contributed by atoms with Gasteiger partial charge in [0.1, 0.15) is 6.04 Å². The Morgan fingerprint density at radius 1 is 1.14 bits per heavy atom. The van der Waals surface area contributed by atoms with Gasteiger partial charge in [0.05, 0.1) is 28.0 Å². The molecule has 17 heteroatoms. The lowest BCUT2D eigenvalue weighted by molar-refractivity contribution is -0.141. The number of carbonyl (C=O) groups is 3. The van der Waals surface area contributed by atoms with E-state index in [1.807, 2.05) is 0 Å². The van der Waals surface area contributed by atoms with Crippen LogP contribution in [0.2, 0.25) is 5.02 Å². The number of halogens is 6. The first-order valence-corrected chi connectivity index (χ1v) is 13.0. The first kappa shape index (κ1) is 27.9. The van der Waals surface area contributed by atoms with Gasteiger partial charge in [0, 0.05) is 56.3 Å². The highest BCUT2D eigenvalue weighted by atomic mass is 35.5. The molecule has 6 rings (SSSR count). The molecule has 3 aliphatic rings. The molecule has 3 aromatic rings. The van der Waals surface area contributed by atoms with Crippen LogP contribution < -0.4 is 10.6 Å². The van der Waals surface area contributed by atoms with Gasteiger partial charge in [-0.25, -0.2) is 18.6 Å². The van der Waals surface area contributed by atoms with Crippen LogP contribution in [0.15, 0.2) is 30.6 Å². The minimum absolute atomic E-state index is 0.0166. The largest absolute Gasteiger partial charge is 0.465 e. The van der Waals surface area contributed by atoms with Gasteiger partial charge < -0.3 is 25.2 Å². The van der Waals surface area contributed by atoms with Gasteiger partial charge in [-0.2, -0.15) is 18.3 Å². The number of hydrogen-bond donors (Lipinski definition) is 3. The molecule has 3 fully saturated rings. The molecule has 0 radical (unpaired) electrons. The van der Waals surface area contributed by atoms with Gasteiger partial charge in [0.2, 0.25) is 0 Å². The second-order valence-electron chi connectivity index (χ2n) is 10.5. The summed E-state index contributed by atoms with van der Waals surface area (Å²) in [6.45, 7) is 0.684. The van der Waals surface area contributed by atoms with Gasteiger partial charge in [0.15, 0.2) is 11.5 Å². The predicted molar refractivity (Wildman–Crippen MR) is 135 cm³/mol. The zero-order chi connectivity index (χ0) is 30.3. The van der Waals surface area contributed by atoms with Crippen LogP contribution in [0.3, 0.4) is 0 Å². The van der Waals surface area contributed by atoms with Crippen molar-refractivity contribution in [3.63, 3.8) is 0 Å². The van der Waals surface area contributed by atoms with E-state index in [4.69, 9.17) is 16.7 Å². The Kier molecular flexibility index (Phi) is 6.25. The van der Waals surface area contributed by atoms with Crippen molar-refractivity contribution in [1.29, 1.82) is 0 Å². The molecule has 0 bridgehead atoms. The highest BCUT2D eigenvalue weighted by Gasteiger charge is 2.60. The van der Waals surface area contributed by atoms with Crippen molar-refractivity contribution in [2.45, 2.75) is 30.6 Å². The molecule has 2 aromatic heterocycles. The Morgan fingerprint density at radius 3 is 2.38 bits per heavy atom. The van der Waals surface area contributed by atoms with Crippen molar-refractivity contribution >= 4 is 35.2 Å². The van der Waals surface area contributed by atoms with Crippen LogP contribution in [0.5, 0.6) is 0 Å². The van der Waals surface area contributed by atoms with E-state index in [0.717, 1.165) is 17.0 Å². The Balaban J connectivity index is 1.15. The van der Waals surface area contributed by atoms with Gasteiger partial charge in [-0.3, -0.25) is 14.3 Å². The predicted octanol–water partition coefficient (Wildman–Crippen LogP) is 4.13. The number of benzene rings is 1. The van der Waals surface area contributed by atoms with Crippen LogP contribution in [-0.4, -0.2) is 72.3 Å². The lowest BCUT2D eigenvalue weighted by Crippen LogP contribution is -2.36. The van der Waals surface area contributed by atoms with E-state index in [-0.39, 0.29) is 45.7 Å². The minimum Gasteiger partial charge on any atom is -0.465 e. The van der Waals surface area contributed by atoms with E-state index >= 15 is 0 Å². The van der Waals surface area contributed by atoms with Crippen LogP contribution in [0, 0.1) is 11.8 Å². The summed E-state index contributed by atoms with van der Waals surface area (Å²) in [5.41, 5.74) is -1.75. The molecular formula is C25H21ClF5N7O4. The Labute approximate surface area is 238 Å². The van der Waals surface area contributed by atoms with Crippen molar-refractivity contribution in [2.75, 3.05) is 18.4 Å². The lowest BCUT2D eigenvalue weighted by Gasteiger charge is -2.16. The molecule has 3 amide bonds. The molecule has 3 N–H and O–H groups in total. The molecule has 2 aliphatic carbocycles. The molecule has 2 saturated carbocycles. The number of rotatable bonds is 6. The number of aromatic nitrogens is 4. The average molecular weight is 614 g/mol. The molecule has 1 aliphatic heterocycles. The van der Waals surface area contributed by atoms with Crippen LogP contribution in [0.25, 0.3) is 11.3 Å². The first-order valence-electron chi connectivity index (χ1n) is 12.6. The van der Waals surface area contributed by atoms with E-state index in [1.165, 1.54) is 30.1 Å². The minimum atomic E-state index is -4.95. The number of carboxylic acid groups (broad SMARTS) is 1. The van der Waals surface area contributed by atoms with Crippen LogP contribution in [0.1, 0.15) is 39.1 Å². The monoisotopic (exact) mass is 613 g/mol. The van der Waals surface area contributed by atoms with E-state index in [0.29, 0.717) is 17.8 Å². The molecule has 1 unspecified atom stereocenters. The zero-order valence-corrected chi connectivity index (χ0v) is 22.2. The van der Waals surface area contributed by atoms with Crippen molar-refractivity contribution < 1.29 is 41.4 Å². The molecule has 42 heavy (non-hydrogen) atoms. The van der Waals surface area contributed by atoms with E-state index in [2.05, 4.69) is 20.7 Å². The third-order valence-electron chi connectivity index (χ3n) is 7.81. The quantitative estimate of drug-likeness (QED) is 0.358. The topological polar surface area (TPSA) is 134 Å². The fourth-order valence-corrected chi connectivity index (χ4v) is 5.66. The molecule has 0 spiro atoms. The second kappa shape index (κ2) is 9.40. The summed E-state index contributed by atoms with van der Waals surface area (Å²) >= 11 is 6.28. The SMILES string of the molecule is Cn1c(-c2cn([C@@H]3CC3(F)F)nc2C(F)(F)F)cnc1C(=O)Nc1ccc(C(=O)NC2[C@H]3CN(C(=O)O)C[C@@H]23)c(Cl)c1. The number of likely N-dealkylation sites (tertiary alicyclic amines) is 1. The smallest absolute Gasteiger partial charge is 0.435 e. The Bertz CT molecular complexity index is 1630. The number of nitrogens with zero attached hydrogens (tertiary/aromatic N) is 5. The Hall–Kier alpha value is -4.21. The average Bonchev–Trinajstić information content (AvgIpc) is 3.42. The second-order valence-corrected chi connectivity index (χ2v) is 10.9. The summed E-state index contributed by atoms with van der Waals surface area (Å²) in [7, 11) is 1.30. The normalized spacial score (nSPS) is 23.8. The molecular weight excluding hydrogens is 593 g/mol. The summed E-state index contributed by atoms with van der Waals surface area (Å²) in [4.78, 5) is 41.9. The molecule has 4 atom stereocenters. The van der Waals surface area contributed by atoms with Crippen molar-refractivity contribution in [2.24, 2.45) is 18.9 Å². The van der Waals surface area contributed by atoms with Crippen LogP contribution in [0.4, 0.5) is 32.4 Å². The van der Waals surface area contributed by atoms with Gasteiger partial charge in [0.25, 0.3) is 17.7 Å².